The van der Waals surface area contributed by atoms with E-state index in [1.165, 1.54) is 11.8 Å². The molecule has 0 saturated carbocycles. The number of aliphatic imine (C=N–C) groups is 1. The predicted molar refractivity (Wildman–Crippen MR) is 111 cm³/mol. The zero-order chi connectivity index (χ0) is 19.7. The van der Waals surface area contributed by atoms with Crippen molar-refractivity contribution >= 4 is 40.6 Å². The molecule has 1 aromatic rings. The second-order valence-corrected chi connectivity index (χ2v) is 9.22. The molecule has 1 saturated heterocycles. The Kier molecular flexibility index (Phi) is 6.01. The van der Waals surface area contributed by atoms with Crippen LogP contribution in [-0.2, 0) is 14.3 Å². The van der Waals surface area contributed by atoms with Crippen LogP contribution in [0.2, 0.25) is 0 Å². The Hall–Kier alpha value is -1.73. The molecule has 1 fully saturated rings. The van der Waals surface area contributed by atoms with E-state index in [-0.39, 0.29) is 17.1 Å². The van der Waals surface area contributed by atoms with Crippen molar-refractivity contribution in [3.8, 4) is 0 Å². The minimum Gasteiger partial charge on any atom is -0.462 e. The Bertz CT molecular complexity index is 815. The van der Waals surface area contributed by atoms with Gasteiger partial charge in [-0.05, 0) is 43.7 Å². The summed E-state index contributed by atoms with van der Waals surface area (Å²) in [5.74, 6) is -0.194. The molecule has 2 heterocycles. The zero-order valence-electron chi connectivity index (χ0n) is 16.2. The quantitative estimate of drug-likeness (QED) is 0.542. The lowest BCUT2D eigenvalue weighted by Gasteiger charge is -2.33. The van der Waals surface area contributed by atoms with Gasteiger partial charge in [0.1, 0.15) is 0 Å². The summed E-state index contributed by atoms with van der Waals surface area (Å²) in [5, 5.41) is 0.444. The summed E-state index contributed by atoms with van der Waals surface area (Å²) in [7, 11) is 0. The standard InChI is InChI=1S/C20H24N2O3S2/c1-11(2)10-25-19(24)16-12(3)21-20-22(18(23)13(4)27-20)17(16)14-6-8-15(26-5)9-7-14/h6-9,11,13,17H,10H2,1-5H3/t13-,17-/m0/s1. The lowest BCUT2D eigenvalue weighted by atomic mass is 9.94. The normalized spacial score (nSPS) is 22.2. The fraction of sp³-hybridized carbons (Fsp3) is 0.450. The highest BCUT2D eigenvalue weighted by atomic mass is 32.2. The molecule has 5 nitrogen and oxygen atoms in total. The van der Waals surface area contributed by atoms with Gasteiger partial charge in [-0.2, -0.15) is 0 Å². The first kappa shape index (κ1) is 20.0. The van der Waals surface area contributed by atoms with Crippen molar-refractivity contribution in [3.63, 3.8) is 0 Å². The van der Waals surface area contributed by atoms with Gasteiger partial charge in [-0.1, -0.05) is 37.7 Å². The molecule has 144 valence electrons. The van der Waals surface area contributed by atoms with Crippen LogP contribution in [-0.4, -0.2) is 40.1 Å². The monoisotopic (exact) mass is 404 g/mol. The van der Waals surface area contributed by atoms with Crippen LogP contribution < -0.4 is 0 Å². The van der Waals surface area contributed by atoms with Gasteiger partial charge in [0.25, 0.3) is 0 Å². The topological polar surface area (TPSA) is 59.0 Å². The number of hydrogen-bond donors (Lipinski definition) is 0. The van der Waals surface area contributed by atoms with Crippen molar-refractivity contribution in [2.24, 2.45) is 10.9 Å². The van der Waals surface area contributed by atoms with Gasteiger partial charge in [0, 0.05) is 4.90 Å². The van der Waals surface area contributed by atoms with Crippen LogP contribution in [0.15, 0.2) is 45.4 Å². The van der Waals surface area contributed by atoms with E-state index < -0.39 is 12.0 Å². The highest BCUT2D eigenvalue weighted by Crippen LogP contribution is 2.43. The number of allylic oxidation sites excluding steroid dienone is 1. The maximum atomic E-state index is 12.9. The molecule has 27 heavy (non-hydrogen) atoms. The van der Waals surface area contributed by atoms with E-state index in [1.807, 2.05) is 58.2 Å². The fourth-order valence-electron chi connectivity index (χ4n) is 3.09. The third-order valence-electron chi connectivity index (χ3n) is 4.46. The molecule has 3 rings (SSSR count). The predicted octanol–water partition coefficient (Wildman–Crippen LogP) is 4.26. The second-order valence-electron chi connectivity index (χ2n) is 7.03. The first-order chi connectivity index (χ1) is 12.8. The summed E-state index contributed by atoms with van der Waals surface area (Å²) in [6.07, 6.45) is 2.02. The molecule has 0 aromatic heterocycles. The molecular weight excluding hydrogens is 380 g/mol. The van der Waals surface area contributed by atoms with E-state index in [4.69, 9.17) is 4.74 Å². The SMILES string of the molecule is CSc1ccc([C@H]2C(C(=O)OCC(C)C)=C(C)N=C3S[C@@H](C)C(=O)N32)cc1. The van der Waals surface area contributed by atoms with Gasteiger partial charge in [0.15, 0.2) is 5.17 Å². The summed E-state index contributed by atoms with van der Waals surface area (Å²) in [4.78, 5) is 33.1. The number of carbonyl (C=O) groups is 2. The molecular formula is C20H24N2O3S2. The highest BCUT2D eigenvalue weighted by molar-refractivity contribution is 8.15. The highest BCUT2D eigenvalue weighted by Gasteiger charge is 2.46. The molecule has 1 amide bonds. The Balaban J connectivity index is 2.05. The molecule has 2 aliphatic heterocycles. The summed E-state index contributed by atoms with van der Waals surface area (Å²) in [6.45, 7) is 8.00. The first-order valence-corrected chi connectivity index (χ1v) is 11.0. The molecule has 0 radical (unpaired) electrons. The first-order valence-electron chi connectivity index (χ1n) is 8.93. The number of nitrogens with zero attached hydrogens (tertiary/aromatic N) is 2. The summed E-state index contributed by atoms with van der Waals surface area (Å²) in [6, 6.07) is 7.47. The molecule has 0 unspecified atom stereocenters. The summed E-state index contributed by atoms with van der Waals surface area (Å²) >= 11 is 3.09. The van der Waals surface area contributed by atoms with Gasteiger partial charge < -0.3 is 4.74 Å². The Morgan fingerprint density at radius 3 is 2.59 bits per heavy atom. The van der Waals surface area contributed by atoms with E-state index in [9.17, 15) is 9.59 Å². The molecule has 0 bridgehead atoms. The van der Waals surface area contributed by atoms with E-state index in [1.54, 1.807) is 16.7 Å². The average molecular weight is 405 g/mol. The van der Waals surface area contributed by atoms with Crippen LogP contribution in [0.25, 0.3) is 0 Å². The van der Waals surface area contributed by atoms with Gasteiger partial charge in [-0.3, -0.25) is 9.69 Å². The van der Waals surface area contributed by atoms with Gasteiger partial charge in [-0.15, -0.1) is 11.8 Å². The van der Waals surface area contributed by atoms with Crippen molar-refractivity contribution in [1.29, 1.82) is 0 Å². The van der Waals surface area contributed by atoms with E-state index in [2.05, 4.69) is 4.99 Å². The van der Waals surface area contributed by atoms with Crippen LogP contribution in [0.5, 0.6) is 0 Å². The van der Waals surface area contributed by atoms with Gasteiger partial charge >= 0.3 is 5.97 Å². The van der Waals surface area contributed by atoms with Crippen molar-refractivity contribution in [3.05, 3.63) is 41.1 Å². The number of rotatable bonds is 5. The second kappa shape index (κ2) is 8.10. The number of ether oxygens (including phenoxy) is 1. The number of fused-ring (bicyclic) bond motifs is 1. The fourth-order valence-corrected chi connectivity index (χ4v) is 4.52. The number of amidine groups is 1. The number of carbonyl (C=O) groups excluding carboxylic acids is 2. The number of benzene rings is 1. The van der Waals surface area contributed by atoms with Crippen molar-refractivity contribution in [2.75, 3.05) is 12.9 Å². The zero-order valence-corrected chi connectivity index (χ0v) is 17.8. The molecule has 0 aliphatic carbocycles. The van der Waals surface area contributed by atoms with E-state index >= 15 is 0 Å². The third kappa shape index (κ3) is 3.94. The molecule has 0 spiro atoms. The Morgan fingerprint density at radius 1 is 1.33 bits per heavy atom. The molecule has 0 N–H and O–H groups in total. The lowest BCUT2D eigenvalue weighted by molar-refractivity contribution is -0.141. The van der Waals surface area contributed by atoms with Crippen LogP contribution in [0.4, 0.5) is 0 Å². The van der Waals surface area contributed by atoms with Gasteiger partial charge in [0.2, 0.25) is 5.91 Å². The summed E-state index contributed by atoms with van der Waals surface area (Å²) in [5.41, 5.74) is 1.95. The van der Waals surface area contributed by atoms with Crippen LogP contribution in [0, 0.1) is 5.92 Å². The number of hydrogen-bond acceptors (Lipinski definition) is 6. The largest absolute Gasteiger partial charge is 0.462 e. The number of thioether (sulfide) groups is 2. The minimum atomic E-state index is -0.502. The minimum absolute atomic E-state index is 0.0284. The number of esters is 1. The van der Waals surface area contributed by atoms with Crippen LogP contribution in [0.3, 0.4) is 0 Å². The molecule has 1 aromatic carbocycles. The molecule has 2 atom stereocenters. The molecule has 2 aliphatic rings. The maximum absolute atomic E-state index is 12.9. The Morgan fingerprint density at radius 2 is 2.00 bits per heavy atom. The van der Waals surface area contributed by atoms with E-state index in [0.29, 0.717) is 23.0 Å². The average Bonchev–Trinajstić information content (AvgIpc) is 2.92. The van der Waals surface area contributed by atoms with Crippen molar-refractivity contribution in [1.82, 2.24) is 4.90 Å². The van der Waals surface area contributed by atoms with Gasteiger partial charge in [-0.25, -0.2) is 9.79 Å². The van der Waals surface area contributed by atoms with Crippen molar-refractivity contribution in [2.45, 2.75) is 43.9 Å². The Labute approximate surface area is 168 Å². The van der Waals surface area contributed by atoms with Crippen LogP contribution >= 0.6 is 23.5 Å². The third-order valence-corrected chi connectivity index (χ3v) is 6.26. The van der Waals surface area contributed by atoms with Crippen molar-refractivity contribution < 1.29 is 14.3 Å². The van der Waals surface area contributed by atoms with E-state index in [0.717, 1.165) is 10.5 Å². The summed E-state index contributed by atoms with van der Waals surface area (Å²) < 4.78 is 5.51. The lowest BCUT2D eigenvalue weighted by Crippen LogP contribution is -2.40. The maximum Gasteiger partial charge on any atom is 0.338 e. The van der Waals surface area contributed by atoms with Crippen LogP contribution in [0.1, 0.15) is 39.3 Å². The van der Waals surface area contributed by atoms with Gasteiger partial charge in [0.05, 0.1) is 29.2 Å². The molecule has 7 heteroatoms. The number of amides is 1. The smallest absolute Gasteiger partial charge is 0.338 e.